The first-order valence-corrected chi connectivity index (χ1v) is 3.47. The van der Waals surface area contributed by atoms with Crippen LogP contribution in [0.15, 0.2) is 0 Å². The summed E-state index contributed by atoms with van der Waals surface area (Å²) in [4.78, 5) is 0. The Labute approximate surface area is 67.8 Å². The third kappa shape index (κ3) is 1.99. The van der Waals surface area contributed by atoms with Crippen LogP contribution in [0.25, 0.3) is 0 Å². The van der Waals surface area contributed by atoms with Crippen LogP contribution in [0.3, 0.4) is 0 Å². The number of hydrogen-bond donors (Lipinski definition) is 1. The molecule has 0 aliphatic carbocycles. The molecular formula is C7H9F3N2. The van der Waals surface area contributed by atoms with E-state index >= 15 is 0 Å². The fraction of sp³-hybridized carbons (Fsp3) is 0.571. The Balaban J connectivity index is 2.83. The van der Waals surface area contributed by atoms with E-state index in [1.165, 1.54) is 0 Å². The molecule has 0 fully saturated rings. The Kier molecular flexibility index (Phi) is 2.12. The fourth-order valence-corrected chi connectivity index (χ4v) is 0.897. The number of aromatic nitrogens is 2. The number of nitrogens with zero attached hydrogens (tertiary/aromatic N) is 1. The molecule has 0 radical (unpaired) electrons. The molecule has 1 rings (SSSR count). The van der Waals surface area contributed by atoms with Gasteiger partial charge in [-0.3, -0.25) is 5.10 Å². The van der Waals surface area contributed by atoms with Crippen LogP contribution in [0, 0.1) is 13.8 Å². The lowest BCUT2D eigenvalue weighted by Crippen LogP contribution is -2.12. The molecule has 1 aromatic heterocycles. The highest BCUT2D eigenvalue weighted by molar-refractivity contribution is 5.22. The van der Waals surface area contributed by atoms with Crippen molar-refractivity contribution in [3.63, 3.8) is 0 Å². The first-order valence-electron chi connectivity index (χ1n) is 3.47. The van der Waals surface area contributed by atoms with Gasteiger partial charge in [0.1, 0.15) is 0 Å². The first-order chi connectivity index (χ1) is 5.40. The molecule has 1 heterocycles. The van der Waals surface area contributed by atoms with E-state index in [9.17, 15) is 13.2 Å². The highest BCUT2D eigenvalue weighted by atomic mass is 19.4. The molecule has 1 aromatic rings. The van der Waals surface area contributed by atoms with E-state index in [2.05, 4.69) is 10.2 Å². The lowest BCUT2D eigenvalue weighted by atomic mass is 10.2. The van der Waals surface area contributed by atoms with Crippen molar-refractivity contribution < 1.29 is 13.2 Å². The number of halogens is 3. The molecule has 0 unspecified atom stereocenters. The summed E-state index contributed by atoms with van der Waals surface area (Å²) in [6.07, 6.45) is -5.13. The number of aromatic amines is 1. The van der Waals surface area contributed by atoms with E-state index < -0.39 is 12.6 Å². The number of hydrogen-bond acceptors (Lipinski definition) is 1. The van der Waals surface area contributed by atoms with Crippen molar-refractivity contribution >= 4 is 0 Å². The largest absolute Gasteiger partial charge is 0.394 e. The normalized spacial score (nSPS) is 12.1. The van der Waals surface area contributed by atoms with Crippen molar-refractivity contribution in [2.75, 3.05) is 0 Å². The van der Waals surface area contributed by atoms with E-state index in [-0.39, 0.29) is 5.69 Å². The molecular weight excluding hydrogens is 169 g/mol. The maximum Gasteiger partial charge on any atom is 0.394 e. The minimum atomic E-state index is -4.17. The van der Waals surface area contributed by atoms with E-state index in [4.69, 9.17) is 0 Å². The molecule has 0 bridgehead atoms. The van der Waals surface area contributed by atoms with Gasteiger partial charge in [-0.2, -0.15) is 18.3 Å². The number of aryl methyl sites for hydroxylation is 1. The third-order valence-corrected chi connectivity index (χ3v) is 1.72. The summed E-state index contributed by atoms with van der Waals surface area (Å²) < 4.78 is 35.6. The van der Waals surface area contributed by atoms with Crippen LogP contribution in [-0.4, -0.2) is 16.4 Å². The highest BCUT2D eigenvalue weighted by Crippen LogP contribution is 2.22. The van der Waals surface area contributed by atoms with E-state index in [1.54, 1.807) is 13.8 Å². The molecule has 5 heteroatoms. The smallest absolute Gasteiger partial charge is 0.282 e. The van der Waals surface area contributed by atoms with Crippen molar-refractivity contribution in [3.8, 4) is 0 Å². The molecule has 0 aliphatic heterocycles. The van der Waals surface area contributed by atoms with E-state index in [1.807, 2.05) is 0 Å². The maximum absolute atomic E-state index is 11.9. The lowest BCUT2D eigenvalue weighted by Gasteiger charge is -2.03. The van der Waals surface area contributed by atoms with Gasteiger partial charge < -0.3 is 0 Å². The van der Waals surface area contributed by atoms with Gasteiger partial charge in [-0.1, -0.05) is 0 Å². The van der Waals surface area contributed by atoms with Gasteiger partial charge in [-0.25, -0.2) is 0 Å². The molecule has 68 valence electrons. The average molecular weight is 178 g/mol. The molecule has 0 saturated carbocycles. The van der Waals surface area contributed by atoms with Crippen LogP contribution in [0.1, 0.15) is 17.0 Å². The number of H-pyrrole nitrogens is 1. The second-order valence-electron chi connectivity index (χ2n) is 2.71. The molecule has 0 saturated heterocycles. The Bertz CT molecular complexity index is 275. The van der Waals surface area contributed by atoms with Crippen LogP contribution in [0.5, 0.6) is 0 Å². The predicted molar refractivity (Wildman–Crippen MR) is 37.8 cm³/mol. The third-order valence-electron chi connectivity index (χ3n) is 1.72. The molecule has 0 amide bonds. The molecule has 1 N–H and O–H groups in total. The molecule has 0 spiro atoms. The lowest BCUT2D eigenvalue weighted by molar-refractivity contribution is -0.127. The second-order valence-corrected chi connectivity index (χ2v) is 2.71. The van der Waals surface area contributed by atoms with Gasteiger partial charge >= 0.3 is 6.18 Å². The summed E-state index contributed by atoms with van der Waals surface area (Å²) in [7, 11) is 0. The fourth-order valence-electron chi connectivity index (χ4n) is 0.897. The van der Waals surface area contributed by atoms with Crippen molar-refractivity contribution in [1.29, 1.82) is 0 Å². The zero-order valence-electron chi connectivity index (χ0n) is 6.79. The Morgan fingerprint density at radius 1 is 1.33 bits per heavy atom. The minimum absolute atomic E-state index is 0.0833. The minimum Gasteiger partial charge on any atom is -0.282 e. The summed E-state index contributed by atoms with van der Waals surface area (Å²) in [6, 6.07) is 0. The van der Waals surface area contributed by atoms with Crippen molar-refractivity contribution in [2.24, 2.45) is 0 Å². The number of nitrogens with one attached hydrogen (secondary N) is 1. The number of rotatable bonds is 1. The maximum atomic E-state index is 11.9. The SMILES string of the molecule is Cc1[nH]nc(CC(F)(F)F)c1C. The van der Waals surface area contributed by atoms with Gasteiger partial charge in [0.25, 0.3) is 0 Å². The topological polar surface area (TPSA) is 28.7 Å². The van der Waals surface area contributed by atoms with Crippen LogP contribution in [-0.2, 0) is 6.42 Å². The standard InChI is InChI=1S/C7H9F3N2/c1-4-5(2)11-12-6(4)3-7(8,9)10/h3H2,1-2H3,(H,11,12). The first kappa shape index (κ1) is 9.09. The summed E-state index contributed by atoms with van der Waals surface area (Å²) in [5.41, 5.74) is 1.36. The molecule has 12 heavy (non-hydrogen) atoms. The summed E-state index contributed by atoms with van der Waals surface area (Å²) in [5.74, 6) is 0. The van der Waals surface area contributed by atoms with Crippen LogP contribution in [0.4, 0.5) is 13.2 Å². The zero-order valence-corrected chi connectivity index (χ0v) is 6.79. The Morgan fingerprint density at radius 3 is 2.25 bits per heavy atom. The van der Waals surface area contributed by atoms with Gasteiger partial charge in [0.2, 0.25) is 0 Å². The Hall–Kier alpha value is -1.00. The molecule has 2 nitrogen and oxygen atoms in total. The number of alkyl halides is 3. The van der Waals surface area contributed by atoms with Gasteiger partial charge in [-0.05, 0) is 19.4 Å². The van der Waals surface area contributed by atoms with Gasteiger partial charge in [-0.15, -0.1) is 0 Å². The summed E-state index contributed by atoms with van der Waals surface area (Å²) in [6.45, 7) is 3.32. The quantitative estimate of drug-likeness (QED) is 0.701. The monoisotopic (exact) mass is 178 g/mol. The van der Waals surface area contributed by atoms with Gasteiger partial charge in [0.05, 0.1) is 12.1 Å². The molecule has 0 aromatic carbocycles. The zero-order chi connectivity index (χ0) is 9.35. The van der Waals surface area contributed by atoms with Crippen molar-refractivity contribution in [3.05, 3.63) is 17.0 Å². The van der Waals surface area contributed by atoms with Crippen LogP contribution in [0.2, 0.25) is 0 Å². The molecule has 0 aliphatic rings. The summed E-state index contributed by atoms with van der Waals surface area (Å²) >= 11 is 0. The average Bonchev–Trinajstić information content (AvgIpc) is 2.16. The van der Waals surface area contributed by atoms with Crippen LogP contribution >= 0.6 is 0 Å². The van der Waals surface area contributed by atoms with Gasteiger partial charge in [0.15, 0.2) is 0 Å². The highest BCUT2D eigenvalue weighted by Gasteiger charge is 2.29. The van der Waals surface area contributed by atoms with Crippen LogP contribution < -0.4 is 0 Å². The second kappa shape index (κ2) is 2.80. The van der Waals surface area contributed by atoms with E-state index in [0.717, 1.165) is 0 Å². The predicted octanol–water partition coefficient (Wildman–Crippen LogP) is 2.13. The Morgan fingerprint density at radius 2 is 1.92 bits per heavy atom. The van der Waals surface area contributed by atoms with E-state index in [0.29, 0.717) is 11.3 Å². The van der Waals surface area contributed by atoms with Crippen molar-refractivity contribution in [2.45, 2.75) is 26.4 Å². The molecule has 0 atom stereocenters. The summed E-state index contributed by atoms with van der Waals surface area (Å²) in [5, 5.41) is 6.07. The van der Waals surface area contributed by atoms with Gasteiger partial charge in [0, 0.05) is 5.69 Å². The van der Waals surface area contributed by atoms with Crippen molar-refractivity contribution in [1.82, 2.24) is 10.2 Å².